The molecule has 5 nitrogen and oxygen atoms in total. The Labute approximate surface area is 150 Å². The first-order valence-electron chi connectivity index (χ1n) is 8.23. The number of rotatable bonds is 2. The van der Waals surface area contributed by atoms with Crippen LogP contribution in [0.3, 0.4) is 0 Å². The Morgan fingerprint density at radius 3 is 2.52 bits per heavy atom. The Kier molecular flexibility index (Phi) is 4.24. The molecule has 2 aromatic heterocycles. The second kappa shape index (κ2) is 6.69. The van der Waals surface area contributed by atoms with E-state index in [4.69, 9.17) is 11.6 Å². The van der Waals surface area contributed by atoms with Crippen LogP contribution < -0.4 is 4.90 Å². The molecular weight excluding hydrogens is 336 g/mol. The Morgan fingerprint density at radius 1 is 1.00 bits per heavy atom. The number of hydrogen-bond donors (Lipinski definition) is 0. The lowest BCUT2D eigenvalue weighted by molar-refractivity contribution is 0.0748. The monoisotopic (exact) mass is 352 g/mol. The van der Waals surface area contributed by atoms with Crippen molar-refractivity contribution in [3.63, 3.8) is 0 Å². The van der Waals surface area contributed by atoms with Gasteiger partial charge in [0.05, 0.1) is 11.1 Å². The van der Waals surface area contributed by atoms with Gasteiger partial charge in [-0.05, 0) is 24.3 Å². The van der Waals surface area contributed by atoms with E-state index in [1.807, 2.05) is 47.4 Å². The summed E-state index contributed by atoms with van der Waals surface area (Å²) in [6, 6.07) is 15.1. The number of piperazine rings is 1. The van der Waals surface area contributed by atoms with Gasteiger partial charge >= 0.3 is 0 Å². The largest absolute Gasteiger partial charge is 0.353 e. The molecule has 0 N–H and O–H groups in total. The van der Waals surface area contributed by atoms with Gasteiger partial charge in [0.25, 0.3) is 5.91 Å². The predicted octanol–water partition coefficient (Wildman–Crippen LogP) is 3.25. The lowest BCUT2D eigenvalue weighted by atomic mass is 10.1. The van der Waals surface area contributed by atoms with E-state index in [1.54, 1.807) is 12.3 Å². The van der Waals surface area contributed by atoms with E-state index in [1.165, 1.54) is 0 Å². The number of para-hydroxylation sites is 1. The van der Waals surface area contributed by atoms with E-state index in [0.717, 1.165) is 29.8 Å². The smallest absolute Gasteiger partial charge is 0.254 e. The van der Waals surface area contributed by atoms with Crippen molar-refractivity contribution in [1.82, 2.24) is 14.9 Å². The van der Waals surface area contributed by atoms with Crippen LogP contribution in [0.4, 0.5) is 5.82 Å². The molecule has 0 unspecified atom stereocenters. The minimum atomic E-state index is 0.00108. The molecule has 1 aliphatic rings. The zero-order valence-electron chi connectivity index (χ0n) is 13.6. The maximum atomic E-state index is 13.0. The molecule has 1 aliphatic heterocycles. The molecule has 0 spiro atoms. The zero-order valence-corrected chi connectivity index (χ0v) is 14.4. The van der Waals surface area contributed by atoms with Crippen LogP contribution in [0.5, 0.6) is 0 Å². The number of carbonyl (C=O) groups is 1. The Balaban J connectivity index is 1.55. The second-order valence-corrected chi connectivity index (χ2v) is 6.36. The van der Waals surface area contributed by atoms with E-state index in [-0.39, 0.29) is 5.91 Å². The molecule has 0 radical (unpaired) electrons. The highest BCUT2D eigenvalue weighted by Gasteiger charge is 2.24. The van der Waals surface area contributed by atoms with Crippen molar-refractivity contribution in [2.45, 2.75) is 0 Å². The Bertz CT molecular complexity index is 908. The summed E-state index contributed by atoms with van der Waals surface area (Å²) < 4.78 is 0. The molecule has 0 atom stereocenters. The SMILES string of the molecule is O=C(c1cc(Cl)nc2ccccc12)N1CCN(c2ccccn2)CC1. The third-order valence-electron chi connectivity index (χ3n) is 4.46. The third kappa shape index (κ3) is 3.15. The van der Waals surface area contributed by atoms with Crippen LogP contribution in [-0.4, -0.2) is 47.0 Å². The number of pyridine rings is 2. The maximum Gasteiger partial charge on any atom is 0.254 e. The van der Waals surface area contributed by atoms with Crippen LogP contribution in [0.25, 0.3) is 10.9 Å². The van der Waals surface area contributed by atoms with Crippen molar-refractivity contribution in [2.24, 2.45) is 0 Å². The summed E-state index contributed by atoms with van der Waals surface area (Å²) in [5.41, 5.74) is 1.35. The van der Waals surface area contributed by atoms with E-state index in [0.29, 0.717) is 23.8 Å². The molecule has 1 fully saturated rings. The minimum Gasteiger partial charge on any atom is -0.353 e. The summed E-state index contributed by atoms with van der Waals surface area (Å²) >= 11 is 6.11. The van der Waals surface area contributed by atoms with Crippen molar-refractivity contribution >= 4 is 34.2 Å². The van der Waals surface area contributed by atoms with Gasteiger partial charge in [0.1, 0.15) is 11.0 Å². The van der Waals surface area contributed by atoms with Crippen molar-refractivity contribution in [3.05, 3.63) is 65.4 Å². The van der Waals surface area contributed by atoms with E-state index in [2.05, 4.69) is 14.9 Å². The molecule has 1 saturated heterocycles. The number of carbonyl (C=O) groups excluding carboxylic acids is 1. The fourth-order valence-electron chi connectivity index (χ4n) is 3.17. The molecule has 6 heteroatoms. The quantitative estimate of drug-likeness (QED) is 0.664. The van der Waals surface area contributed by atoms with Crippen LogP contribution in [0.1, 0.15) is 10.4 Å². The molecule has 25 heavy (non-hydrogen) atoms. The van der Waals surface area contributed by atoms with Crippen LogP contribution in [0.2, 0.25) is 5.15 Å². The lowest BCUT2D eigenvalue weighted by Gasteiger charge is -2.35. The van der Waals surface area contributed by atoms with Gasteiger partial charge < -0.3 is 9.80 Å². The second-order valence-electron chi connectivity index (χ2n) is 5.98. The molecular formula is C19H17ClN4O. The van der Waals surface area contributed by atoms with E-state index < -0.39 is 0 Å². The topological polar surface area (TPSA) is 49.3 Å². The van der Waals surface area contributed by atoms with Gasteiger partial charge in [-0.3, -0.25) is 4.79 Å². The number of amides is 1. The maximum absolute atomic E-state index is 13.0. The summed E-state index contributed by atoms with van der Waals surface area (Å²) in [5, 5.41) is 1.18. The number of hydrogen-bond acceptors (Lipinski definition) is 4. The Hall–Kier alpha value is -2.66. The van der Waals surface area contributed by atoms with Crippen molar-refractivity contribution < 1.29 is 4.79 Å². The standard InChI is InChI=1S/C19H17ClN4O/c20-17-13-15(14-5-1-2-6-16(14)22-17)19(25)24-11-9-23(10-12-24)18-7-3-4-8-21-18/h1-8,13H,9-12H2. The van der Waals surface area contributed by atoms with Crippen LogP contribution in [0, 0.1) is 0 Å². The minimum absolute atomic E-state index is 0.00108. The molecule has 3 aromatic rings. The number of nitrogens with zero attached hydrogens (tertiary/aromatic N) is 4. The average Bonchev–Trinajstić information content (AvgIpc) is 2.67. The summed E-state index contributed by atoms with van der Waals surface area (Å²) in [6.07, 6.45) is 1.79. The van der Waals surface area contributed by atoms with Gasteiger partial charge in [-0.15, -0.1) is 0 Å². The molecule has 0 bridgehead atoms. The Morgan fingerprint density at radius 2 is 1.76 bits per heavy atom. The highest BCUT2D eigenvalue weighted by molar-refractivity contribution is 6.30. The summed E-state index contributed by atoms with van der Waals surface area (Å²) in [5.74, 6) is 0.952. The van der Waals surface area contributed by atoms with Crippen LogP contribution in [0.15, 0.2) is 54.7 Å². The highest BCUT2D eigenvalue weighted by Crippen LogP contribution is 2.23. The fraction of sp³-hybridized carbons (Fsp3) is 0.211. The molecule has 126 valence electrons. The van der Waals surface area contributed by atoms with Gasteiger partial charge in [-0.1, -0.05) is 35.9 Å². The predicted molar refractivity (Wildman–Crippen MR) is 99.1 cm³/mol. The van der Waals surface area contributed by atoms with Crippen LogP contribution in [-0.2, 0) is 0 Å². The summed E-state index contributed by atoms with van der Waals surface area (Å²) in [7, 11) is 0. The van der Waals surface area contributed by atoms with Crippen LogP contribution >= 0.6 is 11.6 Å². The molecule has 0 aliphatic carbocycles. The van der Waals surface area contributed by atoms with Gasteiger partial charge in [0.2, 0.25) is 0 Å². The number of anilines is 1. The van der Waals surface area contributed by atoms with E-state index in [9.17, 15) is 4.79 Å². The lowest BCUT2D eigenvalue weighted by Crippen LogP contribution is -2.49. The molecule has 1 aromatic carbocycles. The zero-order chi connectivity index (χ0) is 17.2. The number of fused-ring (bicyclic) bond motifs is 1. The first-order valence-corrected chi connectivity index (χ1v) is 8.61. The number of benzene rings is 1. The van der Waals surface area contributed by atoms with Gasteiger partial charge in [-0.2, -0.15) is 0 Å². The third-order valence-corrected chi connectivity index (χ3v) is 4.65. The van der Waals surface area contributed by atoms with Gasteiger partial charge in [0, 0.05) is 37.8 Å². The van der Waals surface area contributed by atoms with Crippen molar-refractivity contribution in [3.8, 4) is 0 Å². The number of halogens is 1. The summed E-state index contributed by atoms with van der Waals surface area (Å²) in [6.45, 7) is 2.84. The molecule has 0 saturated carbocycles. The first-order chi connectivity index (χ1) is 12.2. The number of aromatic nitrogens is 2. The van der Waals surface area contributed by atoms with Crippen molar-refractivity contribution in [2.75, 3.05) is 31.1 Å². The highest BCUT2D eigenvalue weighted by atomic mass is 35.5. The molecule has 1 amide bonds. The van der Waals surface area contributed by atoms with Crippen molar-refractivity contribution in [1.29, 1.82) is 0 Å². The van der Waals surface area contributed by atoms with Gasteiger partial charge in [-0.25, -0.2) is 9.97 Å². The molecule has 3 heterocycles. The van der Waals surface area contributed by atoms with Gasteiger partial charge in [0.15, 0.2) is 0 Å². The molecule has 4 rings (SSSR count). The average molecular weight is 353 g/mol. The summed E-state index contributed by atoms with van der Waals surface area (Å²) in [4.78, 5) is 25.8. The normalized spacial score (nSPS) is 14.8. The first kappa shape index (κ1) is 15.8. The fourth-order valence-corrected chi connectivity index (χ4v) is 3.37. The van der Waals surface area contributed by atoms with E-state index >= 15 is 0 Å².